The Morgan fingerprint density at radius 1 is 1.07 bits per heavy atom. The number of nitrogens with two attached hydrogens (primary N) is 1. The largest absolute Gasteiger partial charge is 0.383 e. The van der Waals surface area contributed by atoms with Crippen LogP contribution in [-0.2, 0) is 17.6 Å². The fraction of sp³-hybridized carbons (Fsp3) is 0.409. The number of carbonyl (C=O) groups excluding carboxylic acids is 1. The van der Waals surface area contributed by atoms with Gasteiger partial charge < -0.3 is 15.5 Å². The topological polar surface area (TPSA) is 75.3 Å². The minimum atomic E-state index is 0.139. The van der Waals surface area contributed by atoms with E-state index in [1.807, 2.05) is 11.0 Å². The minimum Gasteiger partial charge on any atom is -0.383 e. The van der Waals surface area contributed by atoms with Gasteiger partial charge in [-0.2, -0.15) is 0 Å². The number of benzene rings is 1. The fourth-order valence-corrected chi connectivity index (χ4v) is 6.38. The van der Waals surface area contributed by atoms with Gasteiger partial charge in [-0.15, -0.1) is 11.3 Å². The summed E-state index contributed by atoms with van der Waals surface area (Å²) >= 11 is 3.14. The molecule has 3 aromatic rings. The second kappa shape index (κ2) is 8.43. The van der Waals surface area contributed by atoms with E-state index in [0.717, 1.165) is 49.2 Å². The maximum Gasteiger partial charge on any atom is 0.233 e. The van der Waals surface area contributed by atoms with Crippen LogP contribution >= 0.6 is 23.1 Å². The standard InChI is InChI=1S/C22H25N5OS2/c23-20-19-16-8-4-5-9-17(16)30-21(19)25-22(24-20)29-14-18(28)27-12-10-26(11-13-27)15-6-2-1-3-7-15/h1-3,6-7H,4-5,8-14H2,(H2,23,24,25). The SMILES string of the molecule is Nc1nc(SCC(=O)N2CCN(c3ccccc3)CC2)nc2sc3c(c12)CCCC3. The zero-order valence-corrected chi connectivity index (χ0v) is 18.5. The molecule has 3 heterocycles. The van der Waals surface area contributed by atoms with Gasteiger partial charge in [-0.05, 0) is 43.4 Å². The van der Waals surface area contributed by atoms with Crippen LogP contribution in [0.2, 0.25) is 0 Å². The number of aromatic nitrogens is 2. The highest BCUT2D eigenvalue weighted by Gasteiger charge is 2.23. The summed E-state index contributed by atoms with van der Waals surface area (Å²) in [6, 6.07) is 10.4. The number of hydrogen-bond donors (Lipinski definition) is 1. The zero-order chi connectivity index (χ0) is 20.5. The Morgan fingerprint density at radius 2 is 1.83 bits per heavy atom. The van der Waals surface area contributed by atoms with Crippen LogP contribution in [0.5, 0.6) is 0 Å². The van der Waals surface area contributed by atoms with Crippen LogP contribution in [0.4, 0.5) is 11.5 Å². The Kier molecular flexibility index (Phi) is 5.52. The molecule has 1 fully saturated rings. The normalized spacial score (nSPS) is 16.7. The van der Waals surface area contributed by atoms with Crippen LogP contribution in [0.15, 0.2) is 35.5 Å². The van der Waals surface area contributed by atoms with Gasteiger partial charge in [-0.1, -0.05) is 30.0 Å². The Morgan fingerprint density at radius 3 is 2.63 bits per heavy atom. The summed E-state index contributed by atoms with van der Waals surface area (Å²) in [7, 11) is 0. The van der Waals surface area contributed by atoms with Crippen LogP contribution in [0.3, 0.4) is 0 Å². The van der Waals surface area contributed by atoms with Gasteiger partial charge in [0.1, 0.15) is 10.6 Å². The summed E-state index contributed by atoms with van der Waals surface area (Å²) in [5.41, 5.74) is 8.85. The maximum absolute atomic E-state index is 12.7. The quantitative estimate of drug-likeness (QED) is 0.495. The monoisotopic (exact) mass is 439 g/mol. The molecule has 0 unspecified atom stereocenters. The lowest BCUT2D eigenvalue weighted by Gasteiger charge is -2.36. The lowest BCUT2D eigenvalue weighted by Crippen LogP contribution is -2.49. The van der Waals surface area contributed by atoms with E-state index in [1.54, 1.807) is 11.3 Å². The van der Waals surface area contributed by atoms with E-state index in [1.165, 1.54) is 40.7 Å². The molecular weight excluding hydrogens is 414 g/mol. The molecule has 2 aliphatic rings. The highest BCUT2D eigenvalue weighted by atomic mass is 32.2. The summed E-state index contributed by atoms with van der Waals surface area (Å²) in [5, 5.41) is 1.65. The van der Waals surface area contributed by atoms with Crippen molar-refractivity contribution in [1.29, 1.82) is 0 Å². The lowest BCUT2D eigenvalue weighted by molar-refractivity contribution is -0.128. The van der Waals surface area contributed by atoms with Gasteiger partial charge in [-0.3, -0.25) is 4.79 Å². The van der Waals surface area contributed by atoms with Gasteiger partial charge in [-0.25, -0.2) is 9.97 Å². The molecule has 1 aliphatic heterocycles. The van der Waals surface area contributed by atoms with Gasteiger partial charge in [0.05, 0.1) is 11.1 Å². The van der Waals surface area contributed by atoms with Crippen molar-refractivity contribution >= 4 is 50.7 Å². The second-order valence-corrected chi connectivity index (χ2v) is 9.80. The van der Waals surface area contributed by atoms with Crippen LogP contribution < -0.4 is 10.6 Å². The van der Waals surface area contributed by atoms with E-state index in [4.69, 9.17) is 10.7 Å². The number of carbonyl (C=O) groups is 1. The molecule has 0 atom stereocenters. The summed E-state index contributed by atoms with van der Waals surface area (Å²) in [6.07, 6.45) is 4.64. The molecule has 1 saturated heterocycles. The first-order valence-corrected chi connectivity index (χ1v) is 12.3. The number of fused-ring (bicyclic) bond motifs is 3. The molecule has 0 saturated carbocycles. The van der Waals surface area contributed by atoms with Crippen LogP contribution in [0.25, 0.3) is 10.2 Å². The summed E-state index contributed by atoms with van der Waals surface area (Å²) in [5.74, 6) is 1.05. The number of aryl methyl sites for hydroxylation is 2. The zero-order valence-electron chi connectivity index (χ0n) is 16.8. The van der Waals surface area contributed by atoms with Crippen LogP contribution in [0.1, 0.15) is 23.3 Å². The molecule has 0 bridgehead atoms. The van der Waals surface area contributed by atoms with Crippen molar-refractivity contribution in [3.8, 4) is 0 Å². The molecule has 2 N–H and O–H groups in total. The first-order valence-electron chi connectivity index (χ1n) is 10.5. The fourth-order valence-electron chi connectivity index (χ4n) is 4.30. The molecule has 1 aliphatic carbocycles. The number of rotatable bonds is 4. The molecule has 0 radical (unpaired) electrons. The van der Waals surface area contributed by atoms with Gasteiger partial charge in [0.2, 0.25) is 5.91 Å². The highest BCUT2D eigenvalue weighted by Crippen LogP contribution is 2.38. The van der Waals surface area contributed by atoms with E-state index in [-0.39, 0.29) is 5.91 Å². The number of nitrogens with zero attached hydrogens (tertiary/aromatic N) is 4. The molecule has 1 aromatic carbocycles. The lowest BCUT2D eigenvalue weighted by atomic mass is 9.97. The molecule has 1 amide bonds. The van der Waals surface area contributed by atoms with Gasteiger partial charge in [0.15, 0.2) is 5.16 Å². The van der Waals surface area contributed by atoms with Crippen molar-refractivity contribution < 1.29 is 4.79 Å². The number of piperazine rings is 1. The van der Waals surface area contributed by atoms with Gasteiger partial charge in [0.25, 0.3) is 0 Å². The van der Waals surface area contributed by atoms with Crippen molar-refractivity contribution in [2.45, 2.75) is 30.8 Å². The van der Waals surface area contributed by atoms with E-state index in [9.17, 15) is 4.79 Å². The first kappa shape index (κ1) is 19.6. The molecule has 5 rings (SSSR count). The number of hydrogen-bond acceptors (Lipinski definition) is 7. The molecule has 0 spiro atoms. The summed E-state index contributed by atoms with van der Waals surface area (Å²) < 4.78 is 0. The summed E-state index contributed by atoms with van der Waals surface area (Å²) in [4.78, 5) is 28.6. The third kappa shape index (κ3) is 3.86. The average molecular weight is 440 g/mol. The first-order chi connectivity index (χ1) is 14.7. The molecule has 6 nitrogen and oxygen atoms in total. The Hall–Kier alpha value is -2.32. The number of para-hydroxylation sites is 1. The average Bonchev–Trinajstić information content (AvgIpc) is 3.17. The molecular formula is C22H25N5OS2. The van der Waals surface area contributed by atoms with Crippen molar-refractivity contribution in [3.05, 3.63) is 40.8 Å². The summed E-state index contributed by atoms with van der Waals surface area (Å²) in [6.45, 7) is 3.20. The highest BCUT2D eigenvalue weighted by molar-refractivity contribution is 7.99. The van der Waals surface area contributed by atoms with E-state index < -0.39 is 0 Å². The Balaban J connectivity index is 1.21. The predicted octanol–water partition coefficient (Wildman–Crippen LogP) is 3.59. The number of anilines is 2. The predicted molar refractivity (Wildman–Crippen MR) is 124 cm³/mol. The van der Waals surface area contributed by atoms with Gasteiger partial charge in [0, 0.05) is 36.7 Å². The van der Waals surface area contributed by atoms with Crippen molar-refractivity contribution in [1.82, 2.24) is 14.9 Å². The maximum atomic E-state index is 12.7. The van der Waals surface area contributed by atoms with E-state index >= 15 is 0 Å². The number of nitrogen functional groups attached to an aromatic ring is 1. The number of thioether (sulfide) groups is 1. The number of thiophene rings is 1. The van der Waals surface area contributed by atoms with Crippen molar-refractivity contribution in [2.75, 3.05) is 42.6 Å². The molecule has 8 heteroatoms. The molecule has 2 aromatic heterocycles. The Bertz CT molecular complexity index is 1060. The smallest absolute Gasteiger partial charge is 0.233 e. The number of amides is 1. The van der Waals surface area contributed by atoms with Crippen molar-refractivity contribution in [3.63, 3.8) is 0 Å². The van der Waals surface area contributed by atoms with E-state index in [0.29, 0.717) is 16.7 Å². The van der Waals surface area contributed by atoms with Gasteiger partial charge >= 0.3 is 0 Å². The minimum absolute atomic E-state index is 0.139. The Labute approximate surface area is 184 Å². The van der Waals surface area contributed by atoms with Crippen LogP contribution in [0, 0.1) is 0 Å². The molecule has 156 valence electrons. The second-order valence-electron chi connectivity index (χ2n) is 7.77. The molecule has 30 heavy (non-hydrogen) atoms. The third-order valence-corrected chi connectivity index (χ3v) is 7.92. The van der Waals surface area contributed by atoms with Crippen molar-refractivity contribution in [2.24, 2.45) is 0 Å². The third-order valence-electron chi connectivity index (χ3n) is 5.90. The van der Waals surface area contributed by atoms with E-state index in [2.05, 4.69) is 34.1 Å². The van der Waals surface area contributed by atoms with Crippen LogP contribution in [-0.4, -0.2) is 52.7 Å².